The lowest BCUT2D eigenvalue weighted by Crippen LogP contribution is -2.64. The minimum absolute atomic E-state index is 0.00655. The molecule has 1 N–H and O–H groups in total. The normalized spacial score (nSPS) is 33.1. The molecule has 4 aliphatic carbocycles. The minimum atomic E-state index is -0.998. The molecule has 5 fully saturated rings. The smallest absolute Gasteiger partial charge is 0.409 e. The predicted molar refractivity (Wildman–Crippen MR) is 133 cm³/mol. The number of piperazine rings is 1. The van der Waals surface area contributed by atoms with Gasteiger partial charge < -0.3 is 19.6 Å². The van der Waals surface area contributed by atoms with Gasteiger partial charge in [-0.25, -0.2) is 4.79 Å². The van der Waals surface area contributed by atoms with E-state index in [0.29, 0.717) is 44.6 Å². The summed E-state index contributed by atoms with van der Waals surface area (Å²) in [6.07, 6.45) is 7.02. The molecule has 0 spiro atoms. The van der Waals surface area contributed by atoms with Crippen molar-refractivity contribution in [2.24, 2.45) is 23.7 Å². The first-order valence-corrected chi connectivity index (χ1v) is 13.9. The summed E-state index contributed by atoms with van der Waals surface area (Å²) in [5.41, 5.74) is -0.0997. The molecule has 4 bridgehead atoms. The minimum Gasteiger partial charge on any atom is -0.449 e. The lowest BCUT2D eigenvalue weighted by molar-refractivity contribution is -0.193. The molecule has 1 heterocycles. The largest absolute Gasteiger partial charge is 0.449 e. The fourth-order valence-corrected chi connectivity index (χ4v) is 7.81. The van der Waals surface area contributed by atoms with E-state index in [1.165, 1.54) is 6.42 Å². The molecule has 0 aromatic heterocycles. The number of unbranched alkanes of at least 4 members (excludes halogenated alkanes) is 1. The molecule has 1 aromatic carbocycles. The maximum absolute atomic E-state index is 14.1. The second-order valence-electron chi connectivity index (χ2n) is 11.0. The van der Waals surface area contributed by atoms with Gasteiger partial charge in [0, 0.05) is 30.7 Å². The van der Waals surface area contributed by atoms with Gasteiger partial charge in [0.25, 0.3) is 0 Å². The van der Waals surface area contributed by atoms with Crippen LogP contribution in [0.2, 0.25) is 0 Å². The van der Waals surface area contributed by atoms with Gasteiger partial charge in [-0.05, 0) is 79.9 Å². The van der Waals surface area contributed by atoms with Gasteiger partial charge in [0.2, 0.25) is 5.91 Å². The third kappa shape index (κ3) is 4.39. The van der Waals surface area contributed by atoms with E-state index in [1.54, 1.807) is 4.90 Å². The van der Waals surface area contributed by atoms with Gasteiger partial charge >= 0.3 is 6.09 Å². The standard InChI is InChI=1S/C27H37BrN2O4/c1-2-3-11-34-26(32)30-9-7-29(8-10-30)25(31)24(20-5-4-6-23(28)17-20)27(33)21-13-18-12-19(15-21)16-22(27)14-18/h4-6,17-19,21-22,24,33H,2-3,7-16H2,1H3. The van der Waals surface area contributed by atoms with Crippen molar-refractivity contribution in [3.05, 3.63) is 34.3 Å². The second-order valence-corrected chi connectivity index (χ2v) is 11.9. The highest BCUT2D eigenvalue weighted by Crippen LogP contribution is 2.62. The summed E-state index contributed by atoms with van der Waals surface area (Å²) in [5, 5.41) is 12.4. The molecular weight excluding hydrogens is 496 g/mol. The van der Waals surface area contributed by atoms with Gasteiger partial charge in [-0.2, -0.15) is 0 Å². The van der Waals surface area contributed by atoms with E-state index < -0.39 is 11.5 Å². The molecule has 7 heteroatoms. The number of hydrogen-bond acceptors (Lipinski definition) is 4. The molecule has 1 saturated heterocycles. The Balaban J connectivity index is 1.36. The highest BCUT2D eigenvalue weighted by molar-refractivity contribution is 9.10. The first kappa shape index (κ1) is 24.1. The highest BCUT2D eigenvalue weighted by atomic mass is 79.9. The molecule has 5 aliphatic rings. The second kappa shape index (κ2) is 9.81. The number of carbonyl (C=O) groups is 2. The van der Waals surface area contributed by atoms with E-state index in [0.717, 1.165) is 48.6 Å². The van der Waals surface area contributed by atoms with Crippen LogP contribution in [-0.2, 0) is 9.53 Å². The number of nitrogens with zero attached hydrogens (tertiary/aromatic N) is 2. The first-order valence-electron chi connectivity index (χ1n) is 13.1. The summed E-state index contributed by atoms with van der Waals surface area (Å²) in [4.78, 5) is 30.1. The molecule has 4 saturated carbocycles. The zero-order valence-electron chi connectivity index (χ0n) is 20.1. The summed E-state index contributed by atoms with van der Waals surface area (Å²) in [7, 11) is 0. The number of hydrogen-bond donors (Lipinski definition) is 1. The topological polar surface area (TPSA) is 70.1 Å². The maximum Gasteiger partial charge on any atom is 0.409 e. The molecule has 1 aliphatic heterocycles. The first-order chi connectivity index (χ1) is 16.4. The van der Waals surface area contributed by atoms with E-state index in [2.05, 4.69) is 22.9 Å². The van der Waals surface area contributed by atoms with E-state index in [-0.39, 0.29) is 23.8 Å². The molecule has 6 nitrogen and oxygen atoms in total. The molecule has 6 rings (SSSR count). The van der Waals surface area contributed by atoms with Crippen molar-refractivity contribution in [2.75, 3.05) is 32.8 Å². The predicted octanol–water partition coefficient (Wildman–Crippen LogP) is 4.80. The molecule has 2 amide bonds. The molecule has 34 heavy (non-hydrogen) atoms. The molecular formula is C27H37BrN2O4. The van der Waals surface area contributed by atoms with Gasteiger partial charge in [-0.1, -0.05) is 41.4 Å². The van der Waals surface area contributed by atoms with E-state index in [4.69, 9.17) is 4.74 Å². The monoisotopic (exact) mass is 532 g/mol. The Kier molecular flexibility index (Phi) is 6.95. The summed E-state index contributed by atoms with van der Waals surface area (Å²) in [6, 6.07) is 7.93. The number of rotatable bonds is 6. The van der Waals surface area contributed by atoms with Crippen molar-refractivity contribution >= 4 is 27.9 Å². The molecule has 186 valence electrons. The van der Waals surface area contributed by atoms with Crippen LogP contribution in [0.5, 0.6) is 0 Å². The third-order valence-electron chi connectivity index (χ3n) is 8.91. The van der Waals surface area contributed by atoms with Crippen LogP contribution in [0.15, 0.2) is 28.7 Å². The Bertz CT molecular complexity index is 886. The lowest BCUT2D eigenvalue weighted by Gasteiger charge is -2.61. The van der Waals surface area contributed by atoms with Gasteiger partial charge in [0.05, 0.1) is 18.1 Å². The van der Waals surface area contributed by atoms with E-state index in [1.807, 2.05) is 29.2 Å². The number of carbonyl (C=O) groups excluding carboxylic acids is 2. The number of amides is 2. The number of aliphatic hydroxyl groups is 1. The average molecular weight is 534 g/mol. The SMILES string of the molecule is CCCCOC(=O)N1CCN(C(=O)C(c2cccc(Br)c2)C2(O)C3CC4CC(C3)CC2C4)CC1. The van der Waals surface area contributed by atoms with Crippen LogP contribution in [0.3, 0.4) is 0 Å². The van der Waals surface area contributed by atoms with E-state index >= 15 is 0 Å². The van der Waals surface area contributed by atoms with Crippen LogP contribution in [0, 0.1) is 23.7 Å². The van der Waals surface area contributed by atoms with Crippen LogP contribution in [0.1, 0.15) is 63.4 Å². The van der Waals surface area contributed by atoms with Crippen LogP contribution < -0.4 is 0 Å². The highest BCUT2D eigenvalue weighted by Gasteiger charge is 2.61. The summed E-state index contributed by atoms with van der Waals surface area (Å²) in [6.45, 7) is 4.40. The van der Waals surface area contributed by atoms with Gasteiger partial charge in [0.15, 0.2) is 0 Å². The van der Waals surface area contributed by atoms with Crippen molar-refractivity contribution in [3.63, 3.8) is 0 Å². The molecule has 1 atom stereocenters. The Morgan fingerprint density at radius 3 is 2.26 bits per heavy atom. The Hall–Kier alpha value is -1.60. The zero-order chi connectivity index (χ0) is 23.9. The summed E-state index contributed by atoms with van der Waals surface area (Å²) >= 11 is 3.58. The number of benzene rings is 1. The molecule has 1 unspecified atom stereocenters. The molecule has 0 radical (unpaired) electrons. The maximum atomic E-state index is 14.1. The average Bonchev–Trinajstić information content (AvgIpc) is 2.82. The van der Waals surface area contributed by atoms with Crippen molar-refractivity contribution in [2.45, 2.75) is 63.4 Å². The summed E-state index contributed by atoms with van der Waals surface area (Å²) in [5.74, 6) is 1.24. The van der Waals surface area contributed by atoms with Gasteiger partial charge in [0.1, 0.15) is 0 Å². The van der Waals surface area contributed by atoms with Crippen LogP contribution >= 0.6 is 15.9 Å². The zero-order valence-corrected chi connectivity index (χ0v) is 21.7. The Labute approximate surface area is 211 Å². The van der Waals surface area contributed by atoms with Gasteiger partial charge in [-0.3, -0.25) is 4.79 Å². The van der Waals surface area contributed by atoms with Crippen LogP contribution in [0.4, 0.5) is 4.79 Å². The quantitative estimate of drug-likeness (QED) is 0.534. The number of halogens is 1. The van der Waals surface area contributed by atoms with E-state index in [9.17, 15) is 14.7 Å². The third-order valence-corrected chi connectivity index (χ3v) is 9.40. The van der Waals surface area contributed by atoms with Crippen molar-refractivity contribution in [3.8, 4) is 0 Å². The fraction of sp³-hybridized carbons (Fsp3) is 0.704. The fourth-order valence-electron chi connectivity index (χ4n) is 7.39. The summed E-state index contributed by atoms with van der Waals surface area (Å²) < 4.78 is 6.29. The van der Waals surface area contributed by atoms with Crippen molar-refractivity contribution in [1.29, 1.82) is 0 Å². The molecule has 1 aromatic rings. The van der Waals surface area contributed by atoms with Gasteiger partial charge in [-0.15, -0.1) is 0 Å². The van der Waals surface area contributed by atoms with Crippen LogP contribution in [0.25, 0.3) is 0 Å². The van der Waals surface area contributed by atoms with Crippen molar-refractivity contribution in [1.82, 2.24) is 9.80 Å². The lowest BCUT2D eigenvalue weighted by atomic mass is 9.46. The van der Waals surface area contributed by atoms with Crippen LogP contribution in [-0.4, -0.2) is 65.3 Å². The van der Waals surface area contributed by atoms with Crippen molar-refractivity contribution < 1.29 is 19.4 Å². The number of ether oxygens (including phenoxy) is 1. The Morgan fingerprint density at radius 2 is 1.68 bits per heavy atom. The Morgan fingerprint density at radius 1 is 1.06 bits per heavy atom.